The van der Waals surface area contributed by atoms with E-state index in [1.54, 1.807) is 6.20 Å². The van der Waals surface area contributed by atoms with Gasteiger partial charge in [-0.05, 0) is 25.0 Å². The lowest BCUT2D eigenvalue weighted by atomic mass is 10.0. The topological polar surface area (TPSA) is 68.3 Å². The van der Waals surface area contributed by atoms with E-state index < -0.39 is 6.04 Å². The van der Waals surface area contributed by atoms with E-state index in [9.17, 15) is 9.59 Å². The first-order chi connectivity index (χ1) is 10.6. The van der Waals surface area contributed by atoms with Crippen molar-refractivity contribution in [1.29, 1.82) is 0 Å². The smallest absolute Gasteiger partial charge is 0.309 e. The molecule has 0 aromatic carbocycles. The standard InChI is InChI=1S/C17H22N2O3/c1-12-7-3-4-8-13(2)17(21)22-11-15(19-16(12)20)14-9-5-6-10-18-14/h3-6,9-10,12-13,15H,7-8,11H2,1-2H3,(H,19,20)/b4-3-/t12-,13+,15-/m0/s1. The molecule has 22 heavy (non-hydrogen) atoms. The first-order valence-corrected chi connectivity index (χ1v) is 7.61. The van der Waals surface area contributed by atoms with Gasteiger partial charge < -0.3 is 10.1 Å². The third-order valence-corrected chi connectivity index (χ3v) is 3.75. The maximum atomic E-state index is 12.2. The Hall–Kier alpha value is -2.17. The number of nitrogens with one attached hydrogen (secondary N) is 1. The van der Waals surface area contributed by atoms with Crippen molar-refractivity contribution in [3.8, 4) is 0 Å². The molecule has 2 heterocycles. The number of amides is 1. The van der Waals surface area contributed by atoms with Gasteiger partial charge in [-0.1, -0.05) is 32.1 Å². The minimum Gasteiger partial charge on any atom is -0.463 e. The summed E-state index contributed by atoms with van der Waals surface area (Å²) in [7, 11) is 0. The van der Waals surface area contributed by atoms with Gasteiger partial charge >= 0.3 is 5.97 Å². The van der Waals surface area contributed by atoms with Crippen molar-refractivity contribution >= 4 is 11.9 Å². The van der Waals surface area contributed by atoms with Crippen LogP contribution in [0.5, 0.6) is 0 Å². The van der Waals surface area contributed by atoms with Crippen LogP contribution in [0.4, 0.5) is 0 Å². The van der Waals surface area contributed by atoms with Gasteiger partial charge in [-0.15, -0.1) is 0 Å². The lowest BCUT2D eigenvalue weighted by molar-refractivity contribution is -0.149. The maximum absolute atomic E-state index is 12.2. The van der Waals surface area contributed by atoms with Crippen molar-refractivity contribution in [3.63, 3.8) is 0 Å². The molecule has 2 rings (SSSR count). The Kier molecular flexibility index (Phi) is 5.69. The predicted molar refractivity (Wildman–Crippen MR) is 82.8 cm³/mol. The Morgan fingerprint density at radius 2 is 1.86 bits per heavy atom. The predicted octanol–water partition coefficient (Wildman–Crippen LogP) is 2.40. The molecule has 0 radical (unpaired) electrons. The van der Waals surface area contributed by atoms with Crippen molar-refractivity contribution in [1.82, 2.24) is 10.3 Å². The molecule has 1 N–H and O–H groups in total. The lowest BCUT2D eigenvalue weighted by Crippen LogP contribution is -2.36. The van der Waals surface area contributed by atoms with Crippen LogP contribution in [0.2, 0.25) is 0 Å². The van der Waals surface area contributed by atoms with Gasteiger partial charge in [0.15, 0.2) is 0 Å². The van der Waals surface area contributed by atoms with Gasteiger partial charge in [-0.2, -0.15) is 0 Å². The molecule has 0 spiro atoms. The summed E-state index contributed by atoms with van der Waals surface area (Å²) in [4.78, 5) is 28.5. The van der Waals surface area contributed by atoms with Gasteiger partial charge in [0, 0.05) is 12.1 Å². The highest BCUT2D eigenvalue weighted by atomic mass is 16.5. The van der Waals surface area contributed by atoms with Crippen LogP contribution in [-0.2, 0) is 14.3 Å². The van der Waals surface area contributed by atoms with Crippen LogP contribution in [0.1, 0.15) is 38.4 Å². The summed E-state index contributed by atoms with van der Waals surface area (Å²) in [5.41, 5.74) is 0.691. The molecule has 0 aliphatic carbocycles. The molecule has 1 aromatic heterocycles. The number of pyridine rings is 1. The number of hydrogen-bond donors (Lipinski definition) is 1. The van der Waals surface area contributed by atoms with Crippen molar-refractivity contribution in [2.45, 2.75) is 32.7 Å². The highest BCUT2D eigenvalue weighted by Crippen LogP contribution is 2.16. The summed E-state index contributed by atoms with van der Waals surface area (Å²) >= 11 is 0. The molecule has 1 aromatic rings. The molecule has 5 heteroatoms. The van der Waals surface area contributed by atoms with Crippen LogP contribution in [0.3, 0.4) is 0 Å². The fraction of sp³-hybridized carbons (Fsp3) is 0.471. The van der Waals surface area contributed by atoms with E-state index in [2.05, 4.69) is 10.3 Å². The number of esters is 1. The van der Waals surface area contributed by atoms with E-state index in [4.69, 9.17) is 4.74 Å². The van der Waals surface area contributed by atoms with Gasteiger partial charge in [0.25, 0.3) is 0 Å². The maximum Gasteiger partial charge on any atom is 0.309 e. The number of ether oxygens (including phenoxy) is 1. The third kappa shape index (κ3) is 4.41. The molecule has 1 aliphatic heterocycles. The Morgan fingerprint density at radius 1 is 1.14 bits per heavy atom. The van der Waals surface area contributed by atoms with Crippen molar-refractivity contribution in [3.05, 3.63) is 42.2 Å². The molecular weight excluding hydrogens is 280 g/mol. The molecular formula is C17H22N2O3. The minimum absolute atomic E-state index is 0.0648. The van der Waals surface area contributed by atoms with Gasteiger partial charge in [-0.3, -0.25) is 14.6 Å². The normalized spacial score (nSPS) is 28.7. The molecule has 118 valence electrons. The van der Waals surface area contributed by atoms with Crippen molar-refractivity contribution in [2.24, 2.45) is 11.8 Å². The largest absolute Gasteiger partial charge is 0.463 e. The summed E-state index contributed by atoms with van der Waals surface area (Å²) in [6.07, 6.45) is 6.83. The average Bonchev–Trinajstić information content (AvgIpc) is 2.54. The zero-order valence-corrected chi connectivity index (χ0v) is 13.0. The van der Waals surface area contributed by atoms with Crippen LogP contribution in [0.15, 0.2) is 36.5 Å². The first-order valence-electron chi connectivity index (χ1n) is 7.61. The second kappa shape index (κ2) is 7.73. The molecule has 0 bridgehead atoms. The number of hydrogen-bond acceptors (Lipinski definition) is 4. The summed E-state index contributed by atoms with van der Waals surface area (Å²) in [6, 6.07) is 5.05. The number of cyclic esters (lactones) is 1. The first kappa shape index (κ1) is 16.2. The Bertz CT molecular complexity index is 542. The number of rotatable bonds is 1. The summed E-state index contributed by atoms with van der Waals surface area (Å²) in [6.45, 7) is 3.83. The molecule has 0 saturated carbocycles. The van der Waals surface area contributed by atoms with Crippen LogP contribution in [-0.4, -0.2) is 23.5 Å². The van der Waals surface area contributed by atoms with Gasteiger partial charge in [-0.25, -0.2) is 0 Å². The van der Waals surface area contributed by atoms with Gasteiger partial charge in [0.2, 0.25) is 5.91 Å². The van der Waals surface area contributed by atoms with Crippen LogP contribution < -0.4 is 5.32 Å². The minimum atomic E-state index is -0.421. The molecule has 0 saturated heterocycles. The second-order valence-electron chi connectivity index (χ2n) is 5.69. The number of aromatic nitrogens is 1. The highest BCUT2D eigenvalue weighted by molar-refractivity contribution is 5.79. The zero-order chi connectivity index (χ0) is 15.9. The second-order valence-corrected chi connectivity index (χ2v) is 5.69. The zero-order valence-electron chi connectivity index (χ0n) is 13.0. The molecule has 3 atom stereocenters. The Labute approximate surface area is 130 Å². The number of nitrogens with zero attached hydrogens (tertiary/aromatic N) is 1. The number of allylic oxidation sites excluding steroid dienone is 2. The van der Waals surface area contributed by atoms with Gasteiger partial charge in [0.05, 0.1) is 11.6 Å². The summed E-state index contributed by atoms with van der Waals surface area (Å²) < 4.78 is 5.35. The molecule has 0 fully saturated rings. The van der Waals surface area contributed by atoms with E-state index >= 15 is 0 Å². The summed E-state index contributed by atoms with van der Waals surface area (Å²) in [5, 5.41) is 2.92. The van der Waals surface area contributed by atoms with Crippen LogP contribution >= 0.6 is 0 Å². The highest BCUT2D eigenvalue weighted by Gasteiger charge is 2.23. The van der Waals surface area contributed by atoms with Crippen molar-refractivity contribution < 1.29 is 14.3 Å². The SMILES string of the molecule is C[C@@H]1C/C=C\C[C@H](C)C(=O)N[C@H](c2ccccn2)COC1=O. The molecule has 5 nitrogen and oxygen atoms in total. The van der Waals surface area contributed by atoms with E-state index in [0.717, 1.165) is 0 Å². The fourth-order valence-corrected chi connectivity index (χ4v) is 2.21. The molecule has 1 amide bonds. The van der Waals surface area contributed by atoms with Gasteiger partial charge in [0.1, 0.15) is 12.6 Å². The number of carbonyl (C=O) groups excluding carboxylic acids is 2. The molecule has 1 aliphatic rings. The molecule has 0 unspecified atom stereocenters. The quantitative estimate of drug-likeness (QED) is 0.639. The van der Waals surface area contributed by atoms with E-state index in [0.29, 0.717) is 18.5 Å². The van der Waals surface area contributed by atoms with Crippen molar-refractivity contribution in [2.75, 3.05) is 6.61 Å². The average molecular weight is 302 g/mol. The lowest BCUT2D eigenvalue weighted by Gasteiger charge is -2.21. The number of carbonyl (C=O) groups is 2. The van der Waals surface area contributed by atoms with Crippen LogP contribution in [0, 0.1) is 11.8 Å². The van der Waals surface area contributed by atoms with E-state index in [1.807, 2.05) is 44.2 Å². The Morgan fingerprint density at radius 3 is 2.55 bits per heavy atom. The Balaban J connectivity index is 2.19. The van der Waals surface area contributed by atoms with Crippen LogP contribution in [0.25, 0.3) is 0 Å². The monoisotopic (exact) mass is 302 g/mol. The summed E-state index contributed by atoms with van der Waals surface area (Å²) in [5.74, 6) is -0.641. The van der Waals surface area contributed by atoms with E-state index in [-0.39, 0.29) is 30.3 Å². The third-order valence-electron chi connectivity index (χ3n) is 3.75. The fourth-order valence-electron chi connectivity index (χ4n) is 2.21. The van der Waals surface area contributed by atoms with E-state index in [1.165, 1.54) is 0 Å².